The summed E-state index contributed by atoms with van der Waals surface area (Å²) in [5.74, 6) is 0.313. The van der Waals surface area contributed by atoms with Crippen LogP contribution in [0, 0.1) is 0 Å². The number of hydrogen-bond acceptors (Lipinski definition) is 6. The molecular weight excluding hydrogens is 456 g/mol. The molecule has 5 rings (SSSR count). The number of H-pyrrole nitrogens is 1. The van der Waals surface area contributed by atoms with E-state index in [1.807, 2.05) is 48.5 Å². The number of rotatable bonds is 7. The second-order valence-corrected chi connectivity index (χ2v) is 9.42. The molecule has 7 heteroatoms. The quantitative estimate of drug-likeness (QED) is 0.378. The zero-order chi connectivity index (χ0) is 25.2. The number of esters is 2. The number of benzene rings is 2. The van der Waals surface area contributed by atoms with E-state index in [0.717, 1.165) is 45.5 Å². The van der Waals surface area contributed by atoms with Crippen LogP contribution in [0.15, 0.2) is 59.7 Å². The number of nitrogens with zero attached hydrogens (tertiary/aromatic N) is 1. The lowest BCUT2D eigenvalue weighted by Gasteiger charge is -2.45. The highest BCUT2D eigenvalue weighted by molar-refractivity contribution is 5.92. The fourth-order valence-electron chi connectivity index (χ4n) is 5.66. The Morgan fingerprint density at radius 1 is 1.03 bits per heavy atom. The van der Waals surface area contributed by atoms with Gasteiger partial charge in [-0.25, -0.2) is 0 Å². The summed E-state index contributed by atoms with van der Waals surface area (Å²) < 4.78 is 16.5. The van der Waals surface area contributed by atoms with Gasteiger partial charge in [-0.2, -0.15) is 0 Å². The number of hydrogen-bond donors (Lipinski definition) is 1. The van der Waals surface area contributed by atoms with Crippen LogP contribution in [0.1, 0.15) is 49.0 Å². The van der Waals surface area contributed by atoms with Crippen LogP contribution in [0.25, 0.3) is 10.9 Å². The van der Waals surface area contributed by atoms with Crippen molar-refractivity contribution < 1.29 is 23.8 Å². The predicted molar refractivity (Wildman–Crippen MR) is 137 cm³/mol. The van der Waals surface area contributed by atoms with Gasteiger partial charge in [0.15, 0.2) is 0 Å². The molecule has 36 heavy (non-hydrogen) atoms. The highest BCUT2D eigenvalue weighted by Crippen LogP contribution is 2.46. The Labute approximate surface area is 211 Å². The standard InChI is InChI=1S/C29H32N2O5/c1-4-19-16-31-23(13-20(19)14-26(32)35-3)28-21(27-22(30-28)11-8-12-25(27)34-2)15-24(31)29(33)36-17-18-9-6-5-7-10-18/h5-12,23-24,30H,4,13-17H2,1-3H3/t23-,24+/m0/s1. The minimum Gasteiger partial charge on any atom is -0.496 e. The van der Waals surface area contributed by atoms with Crippen LogP contribution < -0.4 is 4.74 Å². The molecule has 0 amide bonds. The van der Waals surface area contributed by atoms with Gasteiger partial charge < -0.3 is 19.2 Å². The van der Waals surface area contributed by atoms with Crippen molar-refractivity contribution in [2.75, 3.05) is 20.8 Å². The second kappa shape index (κ2) is 10.2. The van der Waals surface area contributed by atoms with Gasteiger partial charge in [0.05, 0.1) is 26.7 Å². The predicted octanol–water partition coefficient (Wildman–Crippen LogP) is 4.86. The highest BCUT2D eigenvalue weighted by Gasteiger charge is 2.44. The van der Waals surface area contributed by atoms with E-state index in [4.69, 9.17) is 14.2 Å². The number of aromatic amines is 1. The topological polar surface area (TPSA) is 80.9 Å². The Balaban J connectivity index is 1.54. The van der Waals surface area contributed by atoms with Crippen LogP contribution in [-0.2, 0) is 32.1 Å². The first-order chi connectivity index (χ1) is 17.5. The van der Waals surface area contributed by atoms with E-state index in [1.54, 1.807) is 7.11 Å². The normalized spacial score (nSPS) is 19.5. The van der Waals surface area contributed by atoms with Gasteiger partial charge in [0.2, 0.25) is 0 Å². The Morgan fingerprint density at radius 3 is 2.56 bits per heavy atom. The smallest absolute Gasteiger partial charge is 0.324 e. The molecule has 2 aromatic carbocycles. The molecule has 0 bridgehead atoms. The van der Waals surface area contributed by atoms with Gasteiger partial charge in [-0.05, 0) is 36.1 Å². The average molecular weight is 489 g/mol. The largest absolute Gasteiger partial charge is 0.496 e. The Bertz CT molecular complexity index is 1310. The summed E-state index contributed by atoms with van der Waals surface area (Å²) in [5, 5.41) is 1.01. The number of fused-ring (bicyclic) bond motifs is 5. The first-order valence-electron chi connectivity index (χ1n) is 12.4. The Morgan fingerprint density at radius 2 is 1.83 bits per heavy atom. The SMILES string of the molecule is CCC1=C(CC(=O)OC)C[C@H]2c3[nH]c4cccc(OC)c4c3C[C@H](C(=O)OCc3ccccc3)N2C1. The molecule has 0 fully saturated rings. The van der Waals surface area contributed by atoms with Crippen molar-refractivity contribution in [3.8, 4) is 5.75 Å². The van der Waals surface area contributed by atoms with Crippen LogP contribution in [0.5, 0.6) is 5.75 Å². The number of carbonyl (C=O) groups excluding carboxylic acids is 2. The van der Waals surface area contributed by atoms with Crippen molar-refractivity contribution >= 4 is 22.8 Å². The molecule has 0 saturated heterocycles. The molecule has 3 aromatic rings. The minimum atomic E-state index is -0.434. The summed E-state index contributed by atoms with van der Waals surface area (Å²) in [6, 6.07) is 15.2. The molecule has 0 saturated carbocycles. The maximum absolute atomic E-state index is 13.6. The monoisotopic (exact) mass is 488 g/mol. The van der Waals surface area contributed by atoms with Crippen LogP contribution >= 0.6 is 0 Å². The molecule has 2 aliphatic rings. The van der Waals surface area contributed by atoms with Crippen molar-refractivity contribution in [3.63, 3.8) is 0 Å². The maximum Gasteiger partial charge on any atom is 0.324 e. The molecule has 3 heterocycles. The molecular formula is C29H32N2O5. The lowest BCUT2D eigenvalue weighted by atomic mass is 9.82. The summed E-state index contributed by atoms with van der Waals surface area (Å²) in [6.07, 6.45) is 2.27. The van der Waals surface area contributed by atoms with Crippen molar-refractivity contribution in [1.82, 2.24) is 9.88 Å². The van der Waals surface area contributed by atoms with Gasteiger partial charge in [0.25, 0.3) is 0 Å². The van der Waals surface area contributed by atoms with E-state index >= 15 is 0 Å². The number of methoxy groups -OCH3 is 2. The van der Waals surface area contributed by atoms with Crippen molar-refractivity contribution in [3.05, 3.63) is 76.5 Å². The number of nitrogens with one attached hydrogen (secondary N) is 1. The van der Waals surface area contributed by atoms with E-state index in [2.05, 4.69) is 16.8 Å². The van der Waals surface area contributed by atoms with Gasteiger partial charge >= 0.3 is 11.9 Å². The number of aromatic nitrogens is 1. The third-order valence-electron chi connectivity index (χ3n) is 7.50. The van der Waals surface area contributed by atoms with E-state index < -0.39 is 6.04 Å². The summed E-state index contributed by atoms with van der Waals surface area (Å²) in [4.78, 5) is 31.6. The third-order valence-corrected chi connectivity index (χ3v) is 7.50. The molecule has 7 nitrogen and oxygen atoms in total. The Kier molecular flexibility index (Phi) is 6.83. The minimum absolute atomic E-state index is 0.0740. The van der Waals surface area contributed by atoms with Crippen molar-refractivity contribution in [2.45, 2.75) is 51.3 Å². The maximum atomic E-state index is 13.6. The number of carbonyl (C=O) groups is 2. The summed E-state index contributed by atoms with van der Waals surface area (Å²) in [6.45, 7) is 2.95. The van der Waals surface area contributed by atoms with Crippen LogP contribution in [0.4, 0.5) is 0 Å². The van der Waals surface area contributed by atoms with Gasteiger partial charge in [0, 0.05) is 29.6 Å². The van der Waals surface area contributed by atoms with E-state index in [0.29, 0.717) is 19.4 Å². The van der Waals surface area contributed by atoms with Crippen LogP contribution in [-0.4, -0.2) is 48.6 Å². The lowest BCUT2D eigenvalue weighted by Crippen LogP contribution is -2.51. The van der Waals surface area contributed by atoms with Gasteiger partial charge in [-0.1, -0.05) is 54.5 Å². The fourth-order valence-corrected chi connectivity index (χ4v) is 5.66. The zero-order valence-electron chi connectivity index (χ0n) is 21.0. The van der Waals surface area contributed by atoms with Crippen LogP contribution in [0.3, 0.4) is 0 Å². The summed E-state index contributed by atoms with van der Waals surface area (Å²) in [5.41, 5.74) is 6.40. The molecule has 0 radical (unpaired) electrons. The molecule has 2 aliphatic heterocycles. The highest BCUT2D eigenvalue weighted by atomic mass is 16.5. The molecule has 1 aromatic heterocycles. The first-order valence-corrected chi connectivity index (χ1v) is 12.4. The second-order valence-electron chi connectivity index (χ2n) is 9.42. The molecule has 0 spiro atoms. The Hall–Kier alpha value is -3.58. The molecule has 188 valence electrons. The molecule has 1 N–H and O–H groups in total. The van der Waals surface area contributed by atoms with Gasteiger partial charge in [0.1, 0.15) is 18.4 Å². The molecule has 2 atom stereocenters. The van der Waals surface area contributed by atoms with E-state index in [1.165, 1.54) is 12.7 Å². The average Bonchev–Trinajstić information content (AvgIpc) is 3.30. The van der Waals surface area contributed by atoms with E-state index in [-0.39, 0.29) is 31.0 Å². The van der Waals surface area contributed by atoms with Crippen molar-refractivity contribution in [1.29, 1.82) is 0 Å². The molecule has 0 unspecified atom stereocenters. The summed E-state index contributed by atoms with van der Waals surface area (Å²) in [7, 11) is 3.09. The number of ether oxygens (including phenoxy) is 3. The third kappa shape index (κ3) is 4.39. The van der Waals surface area contributed by atoms with Crippen molar-refractivity contribution in [2.24, 2.45) is 0 Å². The van der Waals surface area contributed by atoms with Gasteiger partial charge in [-0.3, -0.25) is 14.5 Å². The lowest BCUT2D eigenvalue weighted by molar-refractivity contribution is -0.153. The fraction of sp³-hybridized carbons (Fsp3) is 0.379. The zero-order valence-corrected chi connectivity index (χ0v) is 21.0. The van der Waals surface area contributed by atoms with Crippen LogP contribution in [0.2, 0.25) is 0 Å². The first kappa shape index (κ1) is 24.1. The van der Waals surface area contributed by atoms with Gasteiger partial charge in [-0.15, -0.1) is 0 Å². The molecule has 0 aliphatic carbocycles. The van der Waals surface area contributed by atoms with E-state index in [9.17, 15) is 9.59 Å². The summed E-state index contributed by atoms with van der Waals surface area (Å²) >= 11 is 0.